The van der Waals surface area contributed by atoms with Gasteiger partial charge in [0.25, 0.3) is 0 Å². The van der Waals surface area contributed by atoms with Crippen molar-refractivity contribution in [2.45, 2.75) is 32.7 Å². The van der Waals surface area contributed by atoms with Gasteiger partial charge in [0.05, 0.1) is 18.7 Å². The summed E-state index contributed by atoms with van der Waals surface area (Å²) in [5.41, 5.74) is -0.490. The quantitative estimate of drug-likeness (QED) is 0.649. The number of nitrogens with zero attached hydrogens (tertiary/aromatic N) is 2. The van der Waals surface area contributed by atoms with E-state index in [-0.39, 0.29) is 18.9 Å². The molecule has 1 aromatic rings. The third-order valence-corrected chi connectivity index (χ3v) is 2.65. The van der Waals surface area contributed by atoms with Crippen molar-refractivity contribution in [2.24, 2.45) is 0 Å². The Balaban J connectivity index is 2.62. The smallest absolute Gasteiger partial charge is 0.331 e. The van der Waals surface area contributed by atoms with E-state index >= 15 is 0 Å². The van der Waals surface area contributed by atoms with E-state index in [0.29, 0.717) is 10.4 Å². The first-order chi connectivity index (χ1) is 8.85. The van der Waals surface area contributed by atoms with Crippen molar-refractivity contribution in [1.29, 1.82) is 0 Å². The molecule has 1 amide bonds. The monoisotopic (exact) mass is 329 g/mol. The van der Waals surface area contributed by atoms with Crippen LogP contribution in [0, 0.1) is 0 Å². The summed E-state index contributed by atoms with van der Waals surface area (Å²) in [6.45, 7) is 5.18. The van der Waals surface area contributed by atoms with Crippen molar-refractivity contribution < 1.29 is 14.3 Å². The number of halogens is 1. The summed E-state index contributed by atoms with van der Waals surface area (Å²) < 4.78 is 5.31. The van der Waals surface area contributed by atoms with Crippen molar-refractivity contribution in [3.05, 3.63) is 22.7 Å². The van der Waals surface area contributed by atoms with E-state index in [1.807, 2.05) is 0 Å². The summed E-state index contributed by atoms with van der Waals surface area (Å²) in [6.07, 6.45) is 1.63. The zero-order chi connectivity index (χ0) is 14.5. The van der Waals surface area contributed by atoms with Gasteiger partial charge >= 0.3 is 5.97 Å². The number of esters is 1. The lowest BCUT2D eigenvalue weighted by Gasteiger charge is -2.23. The number of ether oxygens (including phenoxy) is 1. The van der Waals surface area contributed by atoms with Gasteiger partial charge in [0.2, 0.25) is 5.91 Å². The Hall–Kier alpha value is -1.50. The molecule has 0 saturated heterocycles. The van der Waals surface area contributed by atoms with Crippen LogP contribution in [-0.2, 0) is 20.7 Å². The highest BCUT2D eigenvalue weighted by molar-refractivity contribution is 9.10. The summed E-state index contributed by atoms with van der Waals surface area (Å²) >= 11 is 3.13. The van der Waals surface area contributed by atoms with E-state index in [1.54, 1.807) is 33.0 Å². The number of amides is 1. The Morgan fingerprint density at radius 1 is 1.47 bits per heavy atom. The molecule has 7 heteroatoms. The van der Waals surface area contributed by atoms with Crippen LogP contribution in [0.4, 0.5) is 0 Å². The Bertz CT molecular complexity index is 477. The molecule has 0 aliphatic carbocycles. The van der Waals surface area contributed by atoms with Gasteiger partial charge in [-0.25, -0.2) is 14.8 Å². The summed E-state index contributed by atoms with van der Waals surface area (Å²) in [5.74, 6) is -0.768. The standard InChI is InChI=1S/C12H16BrN3O3/c1-4-19-10(18)12(2,3)16-9(17)7-8-5-6-14-11(13)15-8/h5-6H,4,7H2,1-3H3,(H,16,17). The van der Waals surface area contributed by atoms with Gasteiger partial charge in [0.1, 0.15) is 5.54 Å². The van der Waals surface area contributed by atoms with Crippen LogP contribution in [0.5, 0.6) is 0 Å². The highest BCUT2D eigenvalue weighted by Gasteiger charge is 2.30. The lowest BCUT2D eigenvalue weighted by Crippen LogP contribution is -2.51. The van der Waals surface area contributed by atoms with Crippen LogP contribution >= 0.6 is 15.9 Å². The molecule has 19 heavy (non-hydrogen) atoms. The van der Waals surface area contributed by atoms with Crippen molar-refractivity contribution >= 4 is 27.8 Å². The maximum absolute atomic E-state index is 11.9. The Morgan fingerprint density at radius 3 is 2.74 bits per heavy atom. The van der Waals surface area contributed by atoms with Gasteiger partial charge in [-0.05, 0) is 42.8 Å². The SMILES string of the molecule is CCOC(=O)C(C)(C)NC(=O)Cc1ccnc(Br)n1. The van der Waals surface area contributed by atoms with Crippen molar-refractivity contribution in [1.82, 2.24) is 15.3 Å². The van der Waals surface area contributed by atoms with Gasteiger partial charge in [0.15, 0.2) is 4.73 Å². The van der Waals surface area contributed by atoms with Crippen LogP contribution in [0.1, 0.15) is 26.5 Å². The van der Waals surface area contributed by atoms with E-state index < -0.39 is 11.5 Å². The lowest BCUT2D eigenvalue weighted by atomic mass is 10.1. The predicted octanol–water partition coefficient (Wildman–Crippen LogP) is 1.24. The second kappa shape index (κ2) is 6.60. The van der Waals surface area contributed by atoms with Crippen LogP contribution in [-0.4, -0.2) is 34.0 Å². The summed E-state index contributed by atoms with van der Waals surface area (Å²) in [4.78, 5) is 31.4. The molecule has 0 saturated carbocycles. The maximum Gasteiger partial charge on any atom is 0.331 e. The summed E-state index contributed by atoms with van der Waals surface area (Å²) in [5, 5.41) is 2.62. The molecule has 0 fully saturated rings. The number of aromatic nitrogens is 2. The molecule has 1 rings (SSSR count). The molecule has 0 unspecified atom stereocenters. The molecular weight excluding hydrogens is 314 g/mol. The lowest BCUT2D eigenvalue weighted by molar-refractivity contribution is -0.151. The van der Waals surface area contributed by atoms with Crippen LogP contribution in [0.15, 0.2) is 17.0 Å². The summed E-state index contributed by atoms with van der Waals surface area (Å²) in [6, 6.07) is 1.64. The Morgan fingerprint density at radius 2 is 2.16 bits per heavy atom. The highest BCUT2D eigenvalue weighted by atomic mass is 79.9. The molecule has 0 bridgehead atoms. The normalized spacial score (nSPS) is 10.9. The summed E-state index contributed by atoms with van der Waals surface area (Å²) in [7, 11) is 0. The van der Waals surface area contributed by atoms with E-state index in [9.17, 15) is 9.59 Å². The molecule has 1 heterocycles. The van der Waals surface area contributed by atoms with Crippen LogP contribution < -0.4 is 5.32 Å². The number of rotatable bonds is 5. The molecule has 0 radical (unpaired) electrons. The van der Waals surface area contributed by atoms with E-state index in [4.69, 9.17) is 4.74 Å². The van der Waals surface area contributed by atoms with E-state index in [1.165, 1.54) is 0 Å². The third-order valence-electron chi connectivity index (χ3n) is 2.26. The average molecular weight is 330 g/mol. The molecule has 0 atom stereocenters. The van der Waals surface area contributed by atoms with E-state index in [2.05, 4.69) is 31.2 Å². The minimum absolute atomic E-state index is 0.0734. The predicted molar refractivity (Wildman–Crippen MR) is 72.3 cm³/mol. The molecule has 0 aliphatic rings. The molecule has 1 N–H and O–H groups in total. The molecule has 0 aromatic carbocycles. The van der Waals surface area contributed by atoms with Gasteiger partial charge in [-0.3, -0.25) is 4.79 Å². The first kappa shape index (κ1) is 15.6. The number of carbonyl (C=O) groups excluding carboxylic acids is 2. The van der Waals surface area contributed by atoms with Gasteiger partial charge < -0.3 is 10.1 Å². The van der Waals surface area contributed by atoms with Gasteiger partial charge in [-0.1, -0.05) is 0 Å². The largest absolute Gasteiger partial charge is 0.464 e. The molecule has 104 valence electrons. The Labute approximate surface area is 120 Å². The number of hydrogen-bond donors (Lipinski definition) is 1. The van der Waals surface area contributed by atoms with Crippen molar-refractivity contribution in [3.63, 3.8) is 0 Å². The van der Waals surface area contributed by atoms with Crippen LogP contribution in [0.2, 0.25) is 0 Å². The fourth-order valence-electron chi connectivity index (χ4n) is 1.39. The second-order valence-electron chi connectivity index (χ2n) is 4.39. The maximum atomic E-state index is 11.9. The fourth-order valence-corrected chi connectivity index (χ4v) is 1.73. The van der Waals surface area contributed by atoms with Gasteiger partial charge in [0, 0.05) is 6.20 Å². The third kappa shape index (κ3) is 4.94. The van der Waals surface area contributed by atoms with Crippen molar-refractivity contribution in [3.8, 4) is 0 Å². The number of hydrogen-bond acceptors (Lipinski definition) is 5. The molecule has 0 spiro atoms. The molecular formula is C12H16BrN3O3. The topological polar surface area (TPSA) is 81.2 Å². The minimum Gasteiger partial charge on any atom is -0.464 e. The zero-order valence-electron chi connectivity index (χ0n) is 11.1. The minimum atomic E-state index is -1.06. The highest BCUT2D eigenvalue weighted by Crippen LogP contribution is 2.07. The number of nitrogens with one attached hydrogen (secondary N) is 1. The zero-order valence-corrected chi connectivity index (χ0v) is 12.7. The Kier molecular flexibility index (Phi) is 5.41. The van der Waals surface area contributed by atoms with Crippen LogP contribution in [0.3, 0.4) is 0 Å². The number of carbonyl (C=O) groups is 2. The first-order valence-corrected chi connectivity index (χ1v) is 6.60. The van der Waals surface area contributed by atoms with Gasteiger partial charge in [-0.2, -0.15) is 0 Å². The molecule has 1 aromatic heterocycles. The molecule has 6 nitrogen and oxygen atoms in total. The van der Waals surface area contributed by atoms with Gasteiger partial charge in [-0.15, -0.1) is 0 Å². The fraction of sp³-hybridized carbons (Fsp3) is 0.500. The first-order valence-electron chi connectivity index (χ1n) is 5.81. The average Bonchev–Trinajstić information content (AvgIpc) is 2.28. The van der Waals surface area contributed by atoms with Crippen molar-refractivity contribution in [2.75, 3.05) is 6.61 Å². The van der Waals surface area contributed by atoms with E-state index in [0.717, 1.165) is 0 Å². The molecule has 0 aliphatic heterocycles. The second-order valence-corrected chi connectivity index (χ2v) is 5.10. The van der Waals surface area contributed by atoms with Crippen LogP contribution in [0.25, 0.3) is 0 Å².